The normalized spacial score (nSPS) is 12.5. The van der Waals surface area contributed by atoms with Crippen molar-refractivity contribution in [2.24, 2.45) is 0 Å². The quantitative estimate of drug-likeness (QED) is 0.179. The van der Waals surface area contributed by atoms with Gasteiger partial charge in [0.25, 0.3) is 0 Å². The van der Waals surface area contributed by atoms with Crippen LogP contribution in [0.25, 0.3) is 0 Å². The second-order valence-electron chi connectivity index (χ2n) is 6.49. The average Bonchev–Trinajstić information content (AvgIpc) is 3.04. The Kier molecular flexibility index (Phi) is 5.51. The largest absolute Gasteiger partial charge is 0.476 e. The molecule has 0 bridgehead atoms. The monoisotopic (exact) mass is 428 g/mol. The number of ketones is 1. The van der Waals surface area contributed by atoms with Crippen molar-refractivity contribution in [1.29, 1.82) is 0 Å². The second kappa shape index (κ2) is 7.77. The maximum Gasteiger partial charge on any atom is 0.349 e. The van der Waals surface area contributed by atoms with Crippen molar-refractivity contribution < 1.29 is 45.8 Å². The molecule has 2 aromatic carbocycles. The second-order valence-corrected chi connectivity index (χ2v) is 6.49. The number of ether oxygens (including phenoxy) is 3. The Balaban J connectivity index is 1.78. The van der Waals surface area contributed by atoms with Gasteiger partial charge in [0.2, 0.25) is 34.9 Å². The van der Waals surface area contributed by atoms with Crippen molar-refractivity contribution in [3.8, 4) is 17.2 Å². The molecule has 0 aromatic heterocycles. The molecule has 3 rings (SSSR count). The number of carbonyl (C=O) groups excluding carboxylic acids is 2. The van der Waals surface area contributed by atoms with Gasteiger partial charge in [-0.15, -0.1) is 0 Å². The van der Waals surface area contributed by atoms with Gasteiger partial charge in [-0.05, 0) is 38.5 Å². The predicted octanol–water partition coefficient (Wildman–Crippen LogP) is 4.54. The maximum atomic E-state index is 13.6. The summed E-state index contributed by atoms with van der Waals surface area (Å²) in [6.45, 7) is 3.74. The number of carbonyl (C=O) groups is 2. The van der Waals surface area contributed by atoms with E-state index >= 15 is 0 Å². The molecule has 1 aliphatic heterocycles. The number of fused-ring (bicyclic) bond motifs is 1. The zero-order valence-electron chi connectivity index (χ0n) is 15.8. The van der Waals surface area contributed by atoms with E-state index in [1.165, 1.54) is 19.1 Å². The van der Waals surface area contributed by atoms with Crippen molar-refractivity contribution in [3.63, 3.8) is 0 Å². The number of hydrogen-bond acceptors (Lipinski definition) is 5. The topological polar surface area (TPSA) is 61.8 Å². The van der Waals surface area contributed by atoms with Crippen LogP contribution in [0.4, 0.5) is 22.0 Å². The summed E-state index contributed by atoms with van der Waals surface area (Å²) in [4.78, 5) is 24.2. The molecule has 0 spiro atoms. The molecule has 1 heterocycles. The molecule has 1 aliphatic rings. The highest BCUT2D eigenvalue weighted by molar-refractivity contribution is 6.13. The minimum atomic E-state index is -2.35. The third-order valence-electron chi connectivity index (χ3n) is 4.19. The maximum absolute atomic E-state index is 13.6. The molecule has 0 aliphatic carbocycles. The first-order valence-electron chi connectivity index (χ1n) is 8.43. The van der Waals surface area contributed by atoms with Gasteiger partial charge in [0.15, 0.2) is 18.1 Å². The molecule has 0 fully saturated rings. The van der Waals surface area contributed by atoms with Crippen molar-refractivity contribution in [1.82, 2.24) is 0 Å². The van der Waals surface area contributed by atoms with E-state index in [1.54, 1.807) is 13.8 Å². The van der Waals surface area contributed by atoms with Crippen LogP contribution in [0.15, 0.2) is 23.5 Å². The van der Waals surface area contributed by atoms with E-state index in [4.69, 9.17) is 9.47 Å². The van der Waals surface area contributed by atoms with Crippen LogP contribution in [-0.4, -0.2) is 18.4 Å². The van der Waals surface area contributed by atoms with Gasteiger partial charge in [0.05, 0.1) is 5.56 Å². The Morgan fingerprint density at radius 2 is 1.53 bits per heavy atom. The van der Waals surface area contributed by atoms with Crippen LogP contribution in [0.3, 0.4) is 0 Å². The summed E-state index contributed by atoms with van der Waals surface area (Å²) in [6.07, 6.45) is 0. The fourth-order valence-electron chi connectivity index (χ4n) is 2.69. The fourth-order valence-corrected chi connectivity index (χ4v) is 2.69. The number of allylic oxidation sites excluding steroid dienone is 2. The lowest BCUT2D eigenvalue weighted by Crippen LogP contribution is -2.20. The minimum Gasteiger partial charge on any atom is -0.476 e. The van der Waals surface area contributed by atoms with Gasteiger partial charge in [-0.1, -0.05) is 0 Å². The van der Waals surface area contributed by atoms with Gasteiger partial charge in [-0.25, -0.2) is 18.0 Å². The number of Topliss-reactive ketones (excluding diaryl/α,β-unsaturated/α-hetero) is 1. The van der Waals surface area contributed by atoms with E-state index in [0.29, 0.717) is 11.1 Å². The highest BCUT2D eigenvalue weighted by atomic mass is 19.2. The molecule has 30 heavy (non-hydrogen) atoms. The van der Waals surface area contributed by atoms with E-state index < -0.39 is 47.4 Å². The van der Waals surface area contributed by atoms with Gasteiger partial charge < -0.3 is 14.2 Å². The van der Waals surface area contributed by atoms with Crippen molar-refractivity contribution in [2.75, 3.05) is 6.61 Å². The van der Waals surface area contributed by atoms with Crippen LogP contribution in [0.2, 0.25) is 0 Å². The van der Waals surface area contributed by atoms with Crippen LogP contribution < -0.4 is 14.2 Å². The summed E-state index contributed by atoms with van der Waals surface area (Å²) in [5.74, 6) is -14.0. The molecule has 0 N–H and O–H groups in total. The van der Waals surface area contributed by atoms with E-state index in [0.717, 1.165) is 0 Å². The van der Waals surface area contributed by atoms with E-state index in [-0.39, 0.29) is 28.6 Å². The third-order valence-corrected chi connectivity index (χ3v) is 4.19. The lowest BCUT2D eigenvalue weighted by atomic mass is 10.1. The van der Waals surface area contributed by atoms with E-state index in [9.17, 15) is 31.5 Å². The average molecular weight is 428 g/mol. The number of hydrogen-bond donors (Lipinski definition) is 0. The number of halogens is 5. The zero-order valence-corrected chi connectivity index (χ0v) is 15.8. The lowest BCUT2D eigenvalue weighted by molar-refractivity contribution is -0.136. The smallest absolute Gasteiger partial charge is 0.349 e. The molecule has 10 heteroatoms. The Bertz CT molecular complexity index is 1090. The summed E-state index contributed by atoms with van der Waals surface area (Å²) in [7, 11) is 0. The Hall–Kier alpha value is -3.43. The SMILES string of the molecule is CC(C)=C1Oc2c(ccc(OC(=O)COc3c(F)c(F)c(F)c(F)c3F)c2C)C1=O. The summed E-state index contributed by atoms with van der Waals surface area (Å²) in [5.41, 5.74) is 1.20. The molecule has 0 saturated heterocycles. The Labute approximate surface area is 166 Å². The van der Waals surface area contributed by atoms with Crippen molar-refractivity contribution in [2.45, 2.75) is 20.8 Å². The molecule has 158 valence electrons. The molecule has 0 unspecified atom stereocenters. The van der Waals surface area contributed by atoms with Crippen LogP contribution in [0.1, 0.15) is 29.8 Å². The van der Waals surface area contributed by atoms with Crippen molar-refractivity contribution >= 4 is 11.8 Å². The van der Waals surface area contributed by atoms with Crippen LogP contribution in [-0.2, 0) is 4.79 Å². The Morgan fingerprint density at radius 3 is 2.10 bits per heavy atom. The van der Waals surface area contributed by atoms with Gasteiger partial charge >= 0.3 is 5.97 Å². The molecular weight excluding hydrogens is 415 g/mol. The van der Waals surface area contributed by atoms with E-state index in [1.807, 2.05) is 0 Å². The molecule has 2 aromatic rings. The summed E-state index contributed by atoms with van der Waals surface area (Å²) < 4.78 is 81.5. The van der Waals surface area contributed by atoms with Crippen LogP contribution >= 0.6 is 0 Å². The molecular formula is C20H13F5O5. The summed E-state index contributed by atoms with van der Waals surface area (Å²) in [6, 6.07) is 2.67. The van der Waals surface area contributed by atoms with Gasteiger partial charge in [0.1, 0.15) is 11.5 Å². The first kappa shape index (κ1) is 21.3. The Morgan fingerprint density at radius 1 is 0.967 bits per heavy atom. The van der Waals surface area contributed by atoms with Crippen molar-refractivity contribution in [3.05, 3.63) is 63.7 Å². The predicted molar refractivity (Wildman–Crippen MR) is 91.9 cm³/mol. The molecule has 5 nitrogen and oxygen atoms in total. The van der Waals surface area contributed by atoms with E-state index in [2.05, 4.69) is 4.74 Å². The van der Waals surface area contributed by atoms with Gasteiger partial charge in [-0.2, -0.15) is 8.78 Å². The highest BCUT2D eigenvalue weighted by Gasteiger charge is 2.31. The number of benzene rings is 2. The molecule has 0 saturated carbocycles. The van der Waals surface area contributed by atoms with Gasteiger partial charge in [0, 0.05) is 5.56 Å². The molecule has 0 amide bonds. The fraction of sp³-hybridized carbons (Fsp3) is 0.200. The third kappa shape index (κ3) is 3.49. The first-order valence-corrected chi connectivity index (χ1v) is 8.43. The molecule has 0 atom stereocenters. The van der Waals surface area contributed by atoms with Crippen LogP contribution in [0.5, 0.6) is 17.2 Å². The number of esters is 1. The summed E-state index contributed by atoms with van der Waals surface area (Å²) in [5, 5.41) is 0. The lowest BCUT2D eigenvalue weighted by Gasteiger charge is -2.12. The van der Waals surface area contributed by atoms with Crippen LogP contribution in [0, 0.1) is 36.0 Å². The standard InChI is InChI=1S/C20H13F5O5/c1-7(2)18-17(27)9-4-5-10(8(3)19(9)30-18)29-11(26)6-28-20-15(24)13(22)12(21)14(23)16(20)25/h4-5H,6H2,1-3H3. The minimum absolute atomic E-state index is 0.0393. The molecule has 0 radical (unpaired) electrons. The zero-order chi connectivity index (χ0) is 22.3. The first-order chi connectivity index (χ1) is 14.0. The number of rotatable bonds is 4. The van der Waals surface area contributed by atoms with Gasteiger partial charge in [-0.3, -0.25) is 4.79 Å². The highest BCUT2D eigenvalue weighted by Crippen LogP contribution is 2.39. The summed E-state index contributed by atoms with van der Waals surface area (Å²) >= 11 is 0.